The van der Waals surface area contributed by atoms with Gasteiger partial charge in [-0.15, -0.1) is 0 Å². The van der Waals surface area contributed by atoms with Crippen molar-refractivity contribution in [3.8, 4) is 0 Å². The molecule has 1 atom stereocenters. The molecule has 1 saturated heterocycles. The van der Waals surface area contributed by atoms with Crippen LogP contribution in [0.25, 0.3) is 0 Å². The first-order chi connectivity index (χ1) is 9.70. The van der Waals surface area contributed by atoms with E-state index >= 15 is 0 Å². The number of piperidine rings is 1. The Morgan fingerprint density at radius 2 is 2.00 bits per heavy atom. The van der Waals surface area contributed by atoms with Crippen molar-refractivity contribution in [3.63, 3.8) is 0 Å². The molecule has 2 rings (SSSR count). The number of likely N-dealkylation sites (tertiary alicyclic amines) is 1. The zero-order valence-corrected chi connectivity index (χ0v) is 14.1. The quantitative estimate of drug-likeness (QED) is 0.835. The van der Waals surface area contributed by atoms with Crippen molar-refractivity contribution in [1.82, 2.24) is 4.90 Å². The van der Waals surface area contributed by atoms with Crippen LogP contribution in [0.3, 0.4) is 0 Å². The Labute approximate surface area is 131 Å². The summed E-state index contributed by atoms with van der Waals surface area (Å²) in [6.45, 7) is 5.94. The summed E-state index contributed by atoms with van der Waals surface area (Å²) < 4.78 is 1.13. The van der Waals surface area contributed by atoms with Crippen LogP contribution >= 0.6 is 15.9 Å². The Bertz CT molecular complexity index is 400. The van der Waals surface area contributed by atoms with Gasteiger partial charge in [0.15, 0.2) is 0 Å². The van der Waals surface area contributed by atoms with Crippen LogP contribution in [0.1, 0.15) is 50.6 Å². The third-order valence-corrected chi connectivity index (χ3v) is 5.19. The SMILES string of the molecule is CCCC1CCN(CCC(N)c2ccccc2Br)CC1. The molecule has 0 bridgehead atoms. The van der Waals surface area contributed by atoms with Gasteiger partial charge in [0.25, 0.3) is 0 Å². The number of nitrogens with two attached hydrogens (primary N) is 1. The van der Waals surface area contributed by atoms with Crippen molar-refractivity contribution in [2.24, 2.45) is 11.7 Å². The van der Waals surface area contributed by atoms with Gasteiger partial charge in [-0.2, -0.15) is 0 Å². The molecule has 1 aliphatic heterocycles. The molecule has 1 aliphatic rings. The van der Waals surface area contributed by atoms with Gasteiger partial charge in [-0.3, -0.25) is 0 Å². The molecular weight excluding hydrogens is 312 g/mol. The monoisotopic (exact) mass is 338 g/mol. The predicted molar refractivity (Wildman–Crippen MR) is 89.8 cm³/mol. The van der Waals surface area contributed by atoms with Crippen LogP contribution in [0.2, 0.25) is 0 Å². The molecule has 1 fully saturated rings. The molecule has 2 N–H and O–H groups in total. The predicted octanol–water partition coefficient (Wildman–Crippen LogP) is 4.35. The molecule has 0 aliphatic carbocycles. The smallest absolute Gasteiger partial charge is 0.0318 e. The summed E-state index contributed by atoms with van der Waals surface area (Å²) in [6.07, 6.45) is 6.53. The van der Waals surface area contributed by atoms with Gasteiger partial charge in [0.05, 0.1) is 0 Å². The van der Waals surface area contributed by atoms with Crippen molar-refractivity contribution in [2.75, 3.05) is 19.6 Å². The molecule has 0 radical (unpaired) electrons. The number of nitrogens with zero attached hydrogens (tertiary/aromatic N) is 1. The maximum Gasteiger partial charge on any atom is 0.0318 e. The minimum Gasteiger partial charge on any atom is -0.324 e. The molecular formula is C17H27BrN2. The second-order valence-corrected chi connectivity index (χ2v) is 6.84. The summed E-state index contributed by atoms with van der Waals surface area (Å²) in [7, 11) is 0. The fourth-order valence-electron chi connectivity index (χ4n) is 3.16. The zero-order chi connectivity index (χ0) is 14.4. The van der Waals surface area contributed by atoms with Crippen molar-refractivity contribution >= 4 is 15.9 Å². The molecule has 3 heteroatoms. The highest BCUT2D eigenvalue weighted by atomic mass is 79.9. The number of hydrogen-bond acceptors (Lipinski definition) is 2. The third-order valence-electron chi connectivity index (χ3n) is 4.47. The first kappa shape index (κ1) is 16.0. The Morgan fingerprint density at radius 1 is 1.30 bits per heavy atom. The lowest BCUT2D eigenvalue weighted by molar-refractivity contribution is 0.174. The molecule has 1 aromatic rings. The van der Waals surface area contributed by atoms with Crippen LogP contribution in [-0.4, -0.2) is 24.5 Å². The second kappa shape index (κ2) is 8.16. The van der Waals surface area contributed by atoms with Gasteiger partial charge in [0, 0.05) is 10.5 Å². The Kier molecular flexibility index (Phi) is 6.53. The van der Waals surface area contributed by atoms with E-state index in [2.05, 4.69) is 46.0 Å². The minimum atomic E-state index is 0.138. The van der Waals surface area contributed by atoms with Crippen molar-refractivity contribution in [1.29, 1.82) is 0 Å². The molecule has 1 heterocycles. The minimum absolute atomic E-state index is 0.138. The summed E-state index contributed by atoms with van der Waals surface area (Å²) in [5.41, 5.74) is 7.56. The normalized spacial score (nSPS) is 19.1. The average molecular weight is 339 g/mol. The van der Waals surface area contributed by atoms with Crippen molar-refractivity contribution in [2.45, 2.75) is 45.1 Å². The third kappa shape index (κ3) is 4.57. The standard InChI is InChI=1S/C17H27BrN2/c1-2-5-14-8-11-20(12-9-14)13-10-17(19)15-6-3-4-7-16(15)18/h3-4,6-7,14,17H,2,5,8-13,19H2,1H3. The first-order valence-electron chi connectivity index (χ1n) is 7.93. The fourth-order valence-corrected chi connectivity index (χ4v) is 3.74. The molecule has 1 aromatic carbocycles. The van der Waals surface area contributed by atoms with Gasteiger partial charge >= 0.3 is 0 Å². The van der Waals surface area contributed by atoms with Crippen LogP contribution in [0.5, 0.6) is 0 Å². The van der Waals surface area contributed by atoms with Gasteiger partial charge < -0.3 is 10.6 Å². The zero-order valence-electron chi connectivity index (χ0n) is 12.5. The lowest BCUT2D eigenvalue weighted by Gasteiger charge is -2.32. The highest BCUT2D eigenvalue weighted by Crippen LogP contribution is 2.25. The van der Waals surface area contributed by atoms with Crippen molar-refractivity contribution < 1.29 is 0 Å². The van der Waals surface area contributed by atoms with Crippen LogP contribution < -0.4 is 5.73 Å². The van der Waals surface area contributed by atoms with E-state index in [1.54, 1.807) is 0 Å². The summed E-state index contributed by atoms with van der Waals surface area (Å²) >= 11 is 3.59. The van der Waals surface area contributed by atoms with Crippen LogP contribution in [0.4, 0.5) is 0 Å². The van der Waals surface area contributed by atoms with Crippen molar-refractivity contribution in [3.05, 3.63) is 34.3 Å². The summed E-state index contributed by atoms with van der Waals surface area (Å²) in [6, 6.07) is 8.45. The molecule has 20 heavy (non-hydrogen) atoms. The maximum absolute atomic E-state index is 6.33. The largest absolute Gasteiger partial charge is 0.324 e. The lowest BCUT2D eigenvalue weighted by Crippen LogP contribution is -2.35. The van der Waals surface area contributed by atoms with E-state index in [-0.39, 0.29) is 6.04 Å². The van der Waals surface area contributed by atoms with E-state index in [4.69, 9.17) is 5.73 Å². The van der Waals surface area contributed by atoms with Gasteiger partial charge in [0.2, 0.25) is 0 Å². The highest BCUT2D eigenvalue weighted by Gasteiger charge is 2.19. The van der Waals surface area contributed by atoms with Gasteiger partial charge in [-0.25, -0.2) is 0 Å². The lowest BCUT2D eigenvalue weighted by atomic mass is 9.92. The summed E-state index contributed by atoms with van der Waals surface area (Å²) in [5.74, 6) is 0.966. The van der Waals surface area contributed by atoms with Gasteiger partial charge in [0.1, 0.15) is 0 Å². The summed E-state index contributed by atoms with van der Waals surface area (Å²) in [4.78, 5) is 2.59. The molecule has 0 amide bonds. The second-order valence-electron chi connectivity index (χ2n) is 5.99. The average Bonchev–Trinajstić information content (AvgIpc) is 2.47. The van der Waals surface area contributed by atoms with E-state index in [9.17, 15) is 0 Å². The molecule has 112 valence electrons. The summed E-state index contributed by atoms with van der Waals surface area (Å²) in [5, 5.41) is 0. The van der Waals surface area contributed by atoms with E-state index in [1.807, 2.05) is 6.07 Å². The molecule has 0 saturated carbocycles. The van der Waals surface area contributed by atoms with Crippen LogP contribution in [0, 0.1) is 5.92 Å². The number of benzene rings is 1. The van der Waals surface area contributed by atoms with Gasteiger partial charge in [-0.1, -0.05) is 53.9 Å². The van der Waals surface area contributed by atoms with Crippen LogP contribution in [0.15, 0.2) is 28.7 Å². The topological polar surface area (TPSA) is 29.3 Å². The van der Waals surface area contributed by atoms with Crippen LogP contribution in [-0.2, 0) is 0 Å². The number of rotatable bonds is 6. The Morgan fingerprint density at radius 3 is 2.65 bits per heavy atom. The van der Waals surface area contributed by atoms with E-state index < -0.39 is 0 Å². The molecule has 0 aromatic heterocycles. The first-order valence-corrected chi connectivity index (χ1v) is 8.72. The van der Waals surface area contributed by atoms with Gasteiger partial charge in [-0.05, 0) is 56.4 Å². The van der Waals surface area contributed by atoms with E-state index in [1.165, 1.54) is 44.3 Å². The fraction of sp³-hybridized carbons (Fsp3) is 0.647. The maximum atomic E-state index is 6.33. The van der Waals surface area contributed by atoms with E-state index in [0.717, 1.165) is 23.4 Å². The Balaban J connectivity index is 1.75. The molecule has 2 nitrogen and oxygen atoms in total. The number of halogens is 1. The molecule has 1 unspecified atom stereocenters. The highest BCUT2D eigenvalue weighted by molar-refractivity contribution is 9.10. The molecule has 0 spiro atoms. The Hall–Kier alpha value is -0.380. The number of hydrogen-bond donors (Lipinski definition) is 1. The van der Waals surface area contributed by atoms with E-state index in [0.29, 0.717) is 0 Å².